The lowest BCUT2D eigenvalue weighted by molar-refractivity contribution is -0.386. The van der Waals surface area contributed by atoms with Crippen LogP contribution in [0.15, 0.2) is 23.9 Å². The normalized spacial score (nSPS) is 15.2. The first-order chi connectivity index (χ1) is 14.6. The lowest BCUT2D eigenvalue weighted by atomic mass is 10.1. The number of thiocarbonyl (C=S) groups is 1. The van der Waals surface area contributed by atoms with Crippen LogP contribution in [0.4, 0.5) is 5.69 Å². The van der Waals surface area contributed by atoms with E-state index >= 15 is 0 Å². The summed E-state index contributed by atoms with van der Waals surface area (Å²) in [6.45, 7) is 8.17. The summed E-state index contributed by atoms with van der Waals surface area (Å²) in [7, 11) is 1.56. The Kier molecular flexibility index (Phi) is 6.40. The van der Waals surface area contributed by atoms with Gasteiger partial charge in [0.1, 0.15) is 22.8 Å². The van der Waals surface area contributed by atoms with Crippen LogP contribution in [0.2, 0.25) is 0 Å². The maximum Gasteiger partial charge on any atom is 0.312 e. The Labute approximate surface area is 185 Å². The second-order valence-electron chi connectivity index (χ2n) is 7.80. The van der Waals surface area contributed by atoms with Gasteiger partial charge in [-0.25, -0.2) is 0 Å². The number of nitrogens with one attached hydrogen (secondary N) is 1. The molecule has 0 atom stereocenters. The number of ether oxygens (including phenoxy) is 1. The second kappa shape index (κ2) is 8.84. The Bertz CT molecular complexity index is 1090. The number of rotatable bonds is 7. The fraction of sp³-hybridized carbons (Fsp3) is 0.381. The molecule has 31 heavy (non-hydrogen) atoms. The zero-order valence-corrected chi connectivity index (χ0v) is 18.9. The van der Waals surface area contributed by atoms with Crippen LogP contribution < -0.4 is 10.1 Å². The molecule has 9 nitrogen and oxygen atoms in total. The molecular formula is C21H25N5O4S. The van der Waals surface area contributed by atoms with E-state index < -0.39 is 4.92 Å². The molecule has 1 aromatic heterocycles. The summed E-state index contributed by atoms with van der Waals surface area (Å²) in [5, 5.41) is 19.0. The zero-order valence-electron chi connectivity index (χ0n) is 18.1. The van der Waals surface area contributed by atoms with Crippen LogP contribution in [-0.2, 0) is 11.3 Å². The number of methoxy groups -OCH3 is 1. The molecule has 164 valence electrons. The van der Waals surface area contributed by atoms with Crippen molar-refractivity contribution in [2.24, 2.45) is 5.92 Å². The van der Waals surface area contributed by atoms with Crippen LogP contribution in [0.25, 0.3) is 6.08 Å². The van der Waals surface area contributed by atoms with E-state index in [1.807, 2.05) is 26.0 Å². The molecule has 1 aliphatic rings. The molecule has 3 rings (SSSR count). The van der Waals surface area contributed by atoms with Crippen molar-refractivity contribution in [2.75, 3.05) is 13.7 Å². The summed E-state index contributed by atoms with van der Waals surface area (Å²) >= 11 is 5.30. The topological polar surface area (TPSA) is 103 Å². The van der Waals surface area contributed by atoms with Gasteiger partial charge in [0.25, 0.3) is 5.91 Å². The number of aryl methyl sites for hydroxylation is 1. The Morgan fingerprint density at radius 1 is 1.35 bits per heavy atom. The first-order valence-corrected chi connectivity index (χ1v) is 10.2. The number of nitro groups is 1. The Morgan fingerprint density at radius 2 is 2.06 bits per heavy atom. The van der Waals surface area contributed by atoms with Gasteiger partial charge in [-0.2, -0.15) is 5.10 Å². The van der Waals surface area contributed by atoms with Gasteiger partial charge in [0.05, 0.1) is 18.6 Å². The number of hydrogen-bond donors (Lipinski definition) is 1. The molecule has 1 N–H and O–H groups in total. The molecule has 0 aliphatic carbocycles. The Hall–Kier alpha value is -3.27. The molecule has 0 radical (unpaired) electrons. The molecule has 1 saturated heterocycles. The van der Waals surface area contributed by atoms with E-state index in [9.17, 15) is 14.9 Å². The van der Waals surface area contributed by atoms with Crippen LogP contribution in [0.3, 0.4) is 0 Å². The Balaban J connectivity index is 1.93. The van der Waals surface area contributed by atoms with Crippen LogP contribution in [0, 0.1) is 29.9 Å². The molecule has 1 fully saturated rings. The van der Waals surface area contributed by atoms with E-state index in [4.69, 9.17) is 17.0 Å². The lowest BCUT2D eigenvalue weighted by Gasteiger charge is -2.16. The van der Waals surface area contributed by atoms with Crippen LogP contribution >= 0.6 is 12.2 Å². The summed E-state index contributed by atoms with van der Waals surface area (Å²) < 4.78 is 7.04. The van der Waals surface area contributed by atoms with E-state index in [1.165, 1.54) is 0 Å². The number of carbonyl (C=O) groups excluding carboxylic acids is 1. The van der Waals surface area contributed by atoms with E-state index in [0.717, 1.165) is 11.1 Å². The standard InChI is InChI=1S/C21H25N5O4S/c1-12(2)10-24-20(27)17(22-21(24)31)9-15-6-7-18(30-5)16(8-15)11-25-14(4)19(26(28)29)13(3)23-25/h6-9,12H,10-11H2,1-5H3,(H,22,31)/b17-9+. The zero-order chi connectivity index (χ0) is 22.9. The van der Waals surface area contributed by atoms with Crippen LogP contribution in [0.1, 0.15) is 36.4 Å². The number of benzene rings is 1. The van der Waals surface area contributed by atoms with Crippen molar-refractivity contribution in [2.45, 2.75) is 34.2 Å². The van der Waals surface area contributed by atoms with E-state index in [2.05, 4.69) is 10.4 Å². The molecule has 10 heteroatoms. The highest BCUT2D eigenvalue weighted by Gasteiger charge is 2.31. The van der Waals surface area contributed by atoms with Crippen molar-refractivity contribution < 1.29 is 14.5 Å². The molecular weight excluding hydrogens is 418 g/mol. The maximum absolute atomic E-state index is 12.7. The largest absolute Gasteiger partial charge is 0.496 e. The minimum atomic E-state index is -0.421. The number of amides is 1. The molecule has 1 aromatic carbocycles. The second-order valence-corrected chi connectivity index (χ2v) is 8.19. The van der Waals surface area contributed by atoms with Gasteiger partial charge >= 0.3 is 5.69 Å². The average Bonchev–Trinajstić information content (AvgIpc) is 3.11. The van der Waals surface area contributed by atoms with Gasteiger partial charge in [-0.05, 0) is 55.8 Å². The summed E-state index contributed by atoms with van der Waals surface area (Å²) in [5.74, 6) is 0.755. The van der Waals surface area contributed by atoms with Crippen LogP contribution in [-0.4, -0.2) is 44.3 Å². The highest BCUT2D eigenvalue weighted by Crippen LogP contribution is 2.27. The lowest BCUT2D eigenvalue weighted by Crippen LogP contribution is -2.33. The number of hydrogen-bond acceptors (Lipinski definition) is 6. The summed E-state index contributed by atoms with van der Waals surface area (Å²) in [5.41, 5.74) is 2.80. The molecule has 1 amide bonds. The van der Waals surface area contributed by atoms with Crippen molar-refractivity contribution in [3.63, 3.8) is 0 Å². The SMILES string of the molecule is COc1ccc(/C=C2/NC(=S)N(CC(C)C)C2=O)cc1Cn1nc(C)c([N+](=O)[O-])c1C. The highest BCUT2D eigenvalue weighted by molar-refractivity contribution is 7.80. The minimum Gasteiger partial charge on any atom is -0.496 e. The van der Waals surface area contributed by atoms with Gasteiger partial charge in [0, 0.05) is 12.1 Å². The van der Waals surface area contributed by atoms with E-state index in [1.54, 1.807) is 42.7 Å². The van der Waals surface area contributed by atoms with Crippen molar-refractivity contribution >= 4 is 35.0 Å². The fourth-order valence-electron chi connectivity index (χ4n) is 3.55. The maximum atomic E-state index is 12.7. The third kappa shape index (κ3) is 4.58. The third-order valence-electron chi connectivity index (χ3n) is 4.97. The summed E-state index contributed by atoms with van der Waals surface area (Å²) in [6, 6.07) is 5.50. The average molecular weight is 444 g/mol. The monoisotopic (exact) mass is 443 g/mol. The minimum absolute atomic E-state index is 0.0109. The predicted octanol–water partition coefficient (Wildman–Crippen LogP) is 3.18. The highest BCUT2D eigenvalue weighted by atomic mass is 32.1. The summed E-state index contributed by atoms with van der Waals surface area (Å²) in [4.78, 5) is 25.1. The smallest absolute Gasteiger partial charge is 0.312 e. The Morgan fingerprint density at radius 3 is 2.65 bits per heavy atom. The van der Waals surface area contributed by atoms with Crippen molar-refractivity contribution in [1.82, 2.24) is 20.0 Å². The van der Waals surface area contributed by atoms with Crippen molar-refractivity contribution in [1.29, 1.82) is 0 Å². The fourth-order valence-corrected chi connectivity index (χ4v) is 3.82. The molecule has 1 aliphatic heterocycles. The first-order valence-electron chi connectivity index (χ1n) is 9.82. The van der Waals surface area contributed by atoms with Gasteiger partial charge in [-0.3, -0.25) is 24.5 Å². The molecule has 2 aromatic rings. The van der Waals surface area contributed by atoms with Gasteiger partial charge in [0.2, 0.25) is 0 Å². The number of aromatic nitrogens is 2. The van der Waals surface area contributed by atoms with Gasteiger partial charge < -0.3 is 10.1 Å². The predicted molar refractivity (Wildman–Crippen MR) is 121 cm³/mol. The van der Waals surface area contributed by atoms with Gasteiger partial charge in [-0.1, -0.05) is 19.9 Å². The molecule has 2 heterocycles. The number of nitrogens with zero attached hydrogens (tertiary/aromatic N) is 4. The van der Waals surface area contributed by atoms with Gasteiger partial charge in [-0.15, -0.1) is 0 Å². The molecule has 0 spiro atoms. The van der Waals surface area contributed by atoms with Crippen molar-refractivity contribution in [3.8, 4) is 5.75 Å². The number of carbonyl (C=O) groups is 1. The summed E-state index contributed by atoms with van der Waals surface area (Å²) in [6.07, 6.45) is 1.74. The third-order valence-corrected chi connectivity index (χ3v) is 5.29. The van der Waals surface area contributed by atoms with Crippen molar-refractivity contribution in [3.05, 3.63) is 56.5 Å². The van der Waals surface area contributed by atoms with Crippen LogP contribution in [0.5, 0.6) is 5.75 Å². The van der Waals surface area contributed by atoms with E-state index in [-0.39, 0.29) is 11.6 Å². The van der Waals surface area contributed by atoms with E-state index in [0.29, 0.717) is 47.0 Å². The van der Waals surface area contributed by atoms with Gasteiger partial charge in [0.15, 0.2) is 5.11 Å². The molecule has 0 saturated carbocycles. The molecule has 0 bridgehead atoms. The quantitative estimate of drug-likeness (QED) is 0.303. The molecule has 0 unspecified atom stereocenters. The first kappa shape index (κ1) is 22.4.